The Morgan fingerprint density at radius 3 is 1.94 bits per heavy atom. The molecule has 2 aromatic rings. The van der Waals surface area contributed by atoms with Crippen LogP contribution >= 0.6 is 0 Å². The second kappa shape index (κ2) is 11.8. The SMILES string of the molecule is CCCCNc1ccc(S(=O)(=O)N(CC)CC)cc1NC(=O)c1ccc(S(=O)(=O)N(C)C)cc1. The molecule has 0 aliphatic rings. The second-order valence-electron chi connectivity index (χ2n) is 7.84. The number of anilines is 2. The third kappa shape index (κ3) is 6.35. The van der Waals surface area contributed by atoms with Gasteiger partial charge in [0, 0.05) is 39.3 Å². The quantitative estimate of drug-likeness (QED) is 0.423. The van der Waals surface area contributed by atoms with Gasteiger partial charge in [-0.15, -0.1) is 0 Å². The van der Waals surface area contributed by atoms with Gasteiger partial charge in [0.05, 0.1) is 21.2 Å². The normalized spacial score (nSPS) is 12.2. The molecule has 188 valence electrons. The van der Waals surface area contributed by atoms with Gasteiger partial charge in [0.15, 0.2) is 0 Å². The van der Waals surface area contributed by atoms with Crippen LogP contribution in [0.25, 0.3) is 0 Å². The van der Waals surface area contributed by atoms with E-state index in [2.05, 4.69) is 17.6 Å². The fourth-order valence-electron chi connectivity index (χ4n) is 3.24. The minimum atomic E-state index is -3.71. The monoisotopic (exact) mass is 510 g/mol. The topological polar surface area (TPSA) is 116 Å². The average molecular weight is 511 g/mol. The summed E-state index contributed by atoms with van der Waals surface area (Å²) in [4.78, 5) is 13.1. The van der Waals surface area contributed by atoms with Crippen LogP contribution < -0.4 is 10.6 Å². The lowest BCUT2D eigenvalue weighted by Gasteiger charge is -2.20. The van der Waals surface area contributed by atoms with Crippen LogP contribution in [-0.4, -0.2) is 65.1 Å². The number of nitrogens with zero attached hydrogens (tertiary/aromatic N) is 2. The van der Waals surface area contributed by atoms with E-state index >= 15 is 0 Å². The fraction of sp³-hybridized carbons (Fsp3) is 0.435. The van der Waals surface area contributed by atoms with Crippen molar-refractivity contribution in [3.8, 4) is 0 Å². The van der Waals surface area contributed by atoms with E-state index in [0.29, 0.717) is 31.0 Å². The number of carbonyl (C=O) groups is 1. The van der Waals surface area contributed by atoms with E-state index in [1.807, 2.05) is 0 Å². The van der Waals surface area contributed by atoms with Gasteiger partial charge < -0.3 is 10.6 Å². The zero-order valence-corrected chi connectivity index (χ0v) is 22.0. The van der Waals surface area contributed by atoms with Crippen molar-refractivity contribution in [1.29, 1.82) is 0 Å². The first-order valence-electron chi connectivity index (χ1n) is 11.2. The molecule has 1 amide bonds. The van der Waals surface area contributed by atoms with E-state index < -0.39 is 26.0 Å². The Balaban J connectivity index is 2.40. The molecule has 0 saturated carbocycles. The highest BCUT2D eigenvalue weighted by atomic mass is 32.2. The highest BCUT2D eigenvalue weighted by Gasteiger charge is 2.23. The number of benzene rings is 2. The zero-order chi connectivity index (χ0) is 25.5. The first kappa shape index (κ1) is 27.8. The molecule has 0 aliphatic carbocycles. The van der Waals surface area contributed by atoms with E-state index in [0.717, 1.165) is 17.1 Å². The standard InChI is InChI=1S/C23H34N4O5S2/c1-6-9-16-24-21-15-14-20(34(31,32)27(7-2)8-3)17-22(21)25-23(28)18-10-12-19(13-11-18)33(29,30)26(4)5/h10-15,17,24H,6-9,16H2,1-5H3,(H,25,28). The van der Waals surface area contributed by atoms with Crippen molar-refractivity contribution >= 4 is 37.3 Å². The summed E-state index contributed by atoms with van der Waals surface area (Å²) in [6.07, 6.45) is 1.89. The van der Waals surface area contributed by atoms with Gasteiger partial charge in [-0.2, -0.15) is 4.31 Å². The van der Waals surface area contributed by atoms with Crippen LogP contribution in [0, 0.1) is 0 Å². The van der Waals surface area contributed by atoms with Crippen LogP contribution in [0.3, 0.4) is 0 Å². The molecule has 0 aromatic heterocycles. The summed E-state index contributed by atoms with van der Waals surface area (Å²) in [6, 6.07) is 10.2. The van der Waals surface area contributed by atoms with E-state index in [1.54, 1.807) is 19.9 Å². The first-order valence-corrected chi connectivity index (χ1v) is 14.1. The van der Waals surface area contributed by atoms with Crippen molar-refractivity contribution in [2.24, 2.45) is 0 Å². The van der Waals surface area contributed by atoms with Crippen molar-refractivity contribution in [2.75, 3.05) is 44.4 Å². The Hall–Kier alpha value is -2.47. The molecule has 2 rings (SSSR count). The van der Waals surface area contributed by atoms with Crippen LogP contribution in [0.2, 0.25) is 0 Å². The van der Waals surface area contributed by atoms with E-state index in [9.17, 15) is 21.6 Å². The maximum Gasteiger partial charge on any atom is 0.255 e. The van der Waals surface area contributed by atoms with Gasteiger partial charge in [-0.25, -0.2) is 21.1 Å². The van der Waals surface area contributed by atoms with Gasteiger partial charge in [0.25, 0.3) is 5.91 Å². The van der Waals surface area contributed by atoms with E-state index in [1.165, 1.54) is 54.8 Å². The smallest absolute Gasteiger partial charge is 0.255 e. The van der Waals surface area contributed by atoms with E-state index in [-0.39, 0.29) is 15.4 Å². The Labute approximate surface area is 203 Å². The van der Waals surface area contributed by atoms with Crippen LogP contribution in [0.1, 0.15) is 44.0 Å². The summed E-state index contributed by atoms with van der Waals surface area (Å²) < 4.78 is 53.0. The molecular formula is C23H34N4O5S2. The molecule has 0 saturated heterocycles. The molecule has 0 fully saturated rings. The Bertz CT molecular complexity index is 1190. The molecule has 0 atom stereocenters. The maximum absolute atomic E-state index is 13.0. The van der Waals surface area contributed by atoms with Crippen LogP contribution in [-0.2, 0) is 20.0 Å². The minimum Gasteiger partial charge on any atom is -0.383 e. The molecule has 0 unspecified atom stereocenters. The van der Waals surface area contributed by atoms with Crippen LogP contribution in [0.5, 0.6) is 0 Å². The van der Waals surface area contributed by atoms with Crippen molar-refractivity contribution in [1.82, 2.24) is 8.61 Å². The molecule has 0 radical (unpaired) electrons. The lowest BCUT2D eigenvalue weighted by molar-refractivity contribution is 0.102. The number of hydrogen-bond acceptors (Lipinski definition) is 6. The number of rotatable bonds is 12. The Kier molecular flexibility index (Phi) is 9.63. The van der Waals surface area contributed by atoms with Gasteiger partial charge in [-0.3, -0.25) is 4.79 Å². The molecule has 9 nitrogen and oxygen atoms in total. The summed E-state index contributed by atoms with van der Waals surface area (Å²) in [7, 11) is -4.46. The molecule has 34 heavy (non-hydrogen) atoms. The summed E-state index contributed by atoms with van der Waals surface area (Å²) in [5.74, 6) is -0.482. The maximum atomic E-state index is 13.0. The predicted molar refractivity (Wildman–Crippen MR) is 135 cm³/mol. The fourth-order valence-corrected chi connectivity index (χ4v) is 5.62. The summed E-state index contributed by atoms with van der Waals surface area (Å²) in [5, 5.41) is 6.02. The number of unbranched alkanes of at least 4 members (excludes halogenated alkanes) is 1. The lowest BCUT2D eigenvalue weighted by Crippen LogP contribution is -2.30. The molecule has 0 spiro atoms. The molecule has 0 aliphatic heterocycles. The average Bonchev–Trinajstić information content (AvgIpc) is 2.80. The van der Waals surface area contributed by atoms with Crippen molar-refractivity contribution < 1.29 is 21.6 Å². The lowest BCUT2D eigenvalue weighted by atomic mass is 10.2. The first-order chi connectivity index (χ1) is 16.0. The molecule has 0 heterocycles. The van der Waals surface area contributed by atoms with Gasteiger partial charge in [0.2, 0.25) is 20.0 Å². The number of amides is 1. The van der Waals surface area contributed by atoms with Gasteiger partial charge >= 0.3 is 0 Å². The van der Waals surface area contributed by atoms with Crippen molar-refractivity contribution in [3.05, 3.63) is 48.0 Å². The van der Waals surface area contributed by atoms with Crippen LogP contribution in [0.15, 0.2) is 52.3 Å². The summed E-state index contributed by atoms with van der Waals surface area (Å²) in [5.41, 5.74) is 1.18. The highest BCUT2D eigenvalue weighted by molar-refractivity contribution is 7.89. The van der Waals surface area contributed by atoms with Gasteiger partial charge in [-0.05, 0) is 48.9 Å². The Morgan fingerprint density at radius 2 is 1.41 bits per heavy atom. The number of carbonyl (C=O) groups excluding carboxylic acids is 1. The van der Waals surface area contributed by atoms with Crippen molar-refractivity contribution in [3.63, 3.8) is 0 Å². The number of nitrogens with one attached hydrogen (secondary N) is 2. The number of sulfonamides is 2. The molecule has 11 heteroatoms. The summed E-state index contributed by atoms with van der Waals surface area (Å²) in [6.45, 7) is 6.93. The zero-order valence-electron chi connectivity index (χ0n) is 20.3. The molecule has 2 N–H and O–H groups in total. The van der Waals surface area contributed by atoms with Crippen LogP contribution in [0.4, 0.5) is 11.4 Å². The summed E-state index contributed by atoms with van der Waals surface area (Å²) >= 11 is 0. The third-order valence-corrected chi connectivity index (χ3v) is 9.20. The predicted octanol–water partition coefficient (Wildman–Crippen LogP) is 3.43. The molecular weight excluding hydrogens is 476 g/mol. The van der Waals surface area contributed by atoms with E-state index in [4.69, 9.17) is 0 Å². The van der Waals surface area contributed by atoms with Crippen molar-refractivity contribution in [2.45, 2.75) is 43.4 Å². The third-order valence-electron chi connectivity index (χ3n) is 5.32. The Morgan fingerprint density at radius 1 is 0.824 bits per heavy atom. The largest absolute Gasteiger partial charge is 0.383 e. The second-order valence-corrected chi connectivity index (χ2v) is 11.9. The molecule has 2 aromatic carbocycles. The highest BCUT2D eigenvalue weighted by Crippen LogP contribution is 2.28. The number of hydrogen-bond donors (Lipinski definition) is 2. The van der Waals surface area contributed by atoms with Gasteiger partial charge in [0.1, 0.15) is 0 Å². The van der Waals surface area contributed by atoms with Gasteiger partial charge in [-0.1, -0.05) is 27.2 Å². The molecule has 0 bridgehead atoms. The minimum absolute atomic E-state index is 0.0725.